The molecule has 0 aliphatic heterocycles. The maximum Gasteiger partial charge on any atom is 0.255 e. The van der Waals surface area contributed by atoms with Gasteiger partial charge >= 0.3 is 0 Å². The fourth-order valence-electron chi connectivity index (χ4n) is 4.61. The van der Waals surface area contributed by atoms with Crippen molar-refractivity contribution < 1.29 is 9.59 Å². The van der Waals surface area contributed by atoms with Gasteiger partial charge in [0.05, 0.1) is 11.0 Å². The Hall–Kier alpha value is -3.35. The predicted octanol–water partition coefficient (Wildman–Crippen LogP) is 7.70. The highest BCUT2D eigenvalue weighted by molar-refractivity contribution is 6.35. The number of halogens is 2. The van der Waals surface area contributed by atoms with Gasteiger partial charge in [0, 0.05) is 38.5 Å². The van der Waals surface area contributed by atoms with Gasteiger partial charge in [-0.05, 0) is 73.5 Å². The maximum absolute atomic E-state index is 12.7. The van der Waals surface area contributed by atoms with E-state index in [0.29, 0.717) is 27.1 Å². The predicted molar refractivity (Wildman–Crippen MR) is 146 cm³/mol. The standard InChI is InChI=1S/C28H26Cl2N4O2/c29-20-13-19(14-21(30)15-20)28(36)32-23-11-12-24-25(16-23)34-26(33-24)17-7-9-22(10-8-17)31-27(35)18-5-3-1-2-4-6-18/h7-16,18H,1-6H2,(H,31,35)(H,32,36)(H,33,34). The van der Waals surface area contributed by atoms with Crippen molar-refractivity contribution in [3.05, 3.63) is 76.3 Å². The maximum atomic E-state index is 12.7. The number of hydrogen-bond acceptors (Lipinski definition) is 3. The summed E-state index contributed by atoms with van der Waals surface area (Å²) in [6.45, 7) is 0. The molecule has 0 radical (unpaired) electrons. The lowest BCUT2D eigenvalue weighted by Crippen LogP contribution is -2.22. The monoisotopic (exact) mass is 520 g/mol. The van der Waals surface area contributed by atoms with Crippen LogP contribution in [0.3, 0.4) is 0 Å². The zero-order valence-corrected chi connectivity index (χ0v) is 21.1. The van der Waals surface area contributed by atoms with Crippen LogP contribution in [0.1, 0.15) is 48.9 Å². The van der Waals surface area contributed by atoms with E-state index in [1.165, 1.54) is 12.8 Å². The molecule has 1 aromatic heterocycles. The third-order valence-corrected chi connectivity index (χ3v) is 6.95. The Labute approximate surface area is 219 Å². The number of amides is 2. The SMILES string of the molecule is O=C(Nc1ccc2nc(-c3ccc(NC(=O)C4CCCCCC4)cc3)[nH]c2c1)c1cc(Cl)cc(Cl)c1. The third kappa shape index (κ3) is 5.72. The zero-order valence-electron chi connectivity index (χ0n) is 19.6. The molecule has 1 fully saturated rings. The van der Waals surface area contributed by atoms with Gasteiger partial charge in [-0.1, -0.05) is 48.9 Å². The van der Waals surface area contributed by atoms with Crippen LogP contribution in [-0.2, 0) is 4.79 Å². The summed E-state index contributed by atoms with van der Waals surface area (Å²) in [7, 11) is 0. The summed E-state index contributed by atoms with van der Waals surface area (Å²) in [4.78, 5) is 33.3. The lowest BCUT2D eigenvalue weighted by atomic mass is 9.99. The summed E-state index contributed by atoms with van der Waals surface area (Å²) < 4.78 is 0. The first-order valence-corrected chi connectivity index (χ1v) is 12.9. The Kier molecular flexibility index (Phi) is 7.25. The number of aromatic amines is 1. The van der Waals surface area contributed by atoms with Crippen LogP contribution >= 0.6 is 23.2 Å². The fourth-order valence-corrected chi connectivity index (χ4v) is 5.14. The van der Waals surface area contributed by atoms with E-state index in [1.54, 1.807) is 24.3 Å². The molecule has 3 N–H and O–H groups in total. The molecular formula is C28H26Cl2N4O2. The Morgan fingerprint density at radius 1 is 0.806 bits per heavy atom. The van der Waals surface area contributed by atoms with E-state index in [1.807, 2.05) is 36.4 Å². The number of imidazole rings is 1. The van der Waals surface area contributed by atoms with E-state index < -0.39 is 0 Å². The highest BCUT2D eigenvalue weighted by Gasteiger charge is 2.20. The van der Waals surface area contributed by atoms with E-state index in [-0.39, 0.29) is 17.7 Å². The van der Waals surface area contributed by atoms with Crippen molar-refractivity contribution in [1.29, 1.82) is 0 Å². The summed E-state index contributed by atoms with van der Waals surface area (Å²) in [5.74, 6) is 0.618. The van der Waals surface area contributed by atoms with Gasteiger partial charge in [0.15, 0.2) is 0 Å². The molecule has 4 aromatic rings. The second-order valence-corrected chi connectivity index (χ2v) is 10.1. The van der Waals surface area contributed by atoms with Crippen molar-refractivity contribution in [1.82, 2.24) is 9.97 Å². The number of hydrogen-bond donors (Lipinski definition) is 3. The number of rotatable bonds is 5. The smallest absolute Gasteiger partial charge is 0.255 e. The Morgan fingerprint density at radius 3 is 2.17 bits per heavy atom. The number of nitrogens with one attached hydrogen (secondary N) is 3. The quantitative estimate of drug-likeness (QED) is 0.235. The number of benzene rings is 3. The van der Waals surface area contributed by atoms with Crippen molar-refractivity contribution in [3.8, 4) is 11.4 Å². The summed E-state index contributed by atoms with van der Waals surface area (Å²) in [5, 5.41) is 6.73. The molecular weight excluding hydrogens is 495 g/mol. The van der Waals surface area contributed by atoms with Gasteiger partial charge in [-0.25, -0.2) is 4.98 Å². The molecule has 0 spiro atoms. The highest BCUT2D eigenvalue weighted by atomic mass is 35.5. The molecule has 5 rings (SSSR count). The third-order valence-electron chi connectivity index (χ3n) is 6.52. The number of carbonyl (C=O) groups excluding carboxylic acids is 2. The molecule has 3 aromatic carbocycles. The van der Waals surface area contributed by atoms with Crippen molar-refractivity contribution in [3.63, 3.8) is 0 Å². The van der Waals surface area contributed by atoms with E-state index in [2.05, 4.69) is 20.6 Å². The minimum Gasteiger partial charge on any atom is -0.338 e. The number of fused-ring (bicyclic) bond motifs is 1. The molecule has 36 heavy (non-hydrogen) atoms. The van der Waals surface area contributed by atoms with Gasteiger partial charge in [0.1, 0.15) is 5.82 Å². The van der Waals surface area contributed by atoms with Crippen LogP contribution in [0.5, 0.6) is 0 Å². The van der Waals surface area contributed by atoms with Crippen molar-refractivity contribution in [2.75, 3.05) is 10.6 Å². The first-order valence-electron chi connectivity index (χ1n) is 12.1. The van der Waals surface area contributed by atoms with Gasteiger partial charge in [-0.2, -0.15) is 0 Å². The number of anilines is 2. The number of carbonyl (C=O) groups is 2. The van der Waals surface area contributed by atoms with Crippen LogP contribution in [0, 0.1) is 5.92 Å². The van der Waals surface area contributed by atoms with Crippen molar-refractivity contribution >= 4 is 57.4 Å². The van der Waals surface area contributed by atoms with Crippen LogP contribution in [0.4, 0.5) is 11.4 Å². The van der Waals surface area contributed by atoms with E-state index in [0.717, 1.165) is 48.0 Å². The van der Waals surface area contributed by atoms with Crippen LogP contribution in [0.25, 0.3) is 22.4 Å². The van der Waals surface area contributed by atoms with Crippen LogP contribution < -0.4 is 10.6 Å². The van der Waals surface area contributed by atoms with Gasteiger partial charge in [-0.3, -0.25) is 9.59 Å². The Bertz CT molecular complexity index is 1390. The molecule has 0 saturated heterocycles. The van der Waals surface area contributed by atoms with Crippen LogP contribution in [0.15, 0.2) is 60.7 Å². The summed E-state index contributed by atoms with van der Waals surface area (Å²) in [5.41, 5.74) is 4.25. The summed E-state index contributed by atoms with van der Waals surface area (Å²) in [6.07, 6.45) is 6.64. The molecule has 0 atom stereocenters. The lowest BCUT2D eigenvalue weighted by Gasteiger charge is -2.14. The second-order valence-electron chi connectivity index (χ2n) is 9.18. The minimum absolute atomic E-state index is 0.105. The zero-order chi connectivity index (χ0) is 25.1. The van der Waals surface area contributed by atoms with E-state index >= 15 is 0 Å². The summed E-state index contributed by atoms with van der Waals surface area (Å²) >= 11 is 12.0. The number of H-pyrrole nitrogens is 1. The molecule has 6 nitrogen and oxygen atoms in total. The molecule has 1 aliphatic rings. The average Bonchev–Trinajstić information content (AvgIpc) is 3.08. The first kappa shape index (κ1) is 24.3. The van der Waals surface area contributed by atoms with Gasteiger partial charge in [0.2, 0.25) is 5.91 Å². The fraction of sp³-hybridized carbons (Fsp3) is 0.250. The van der Waals surface area contributed by atoms with Crippen molar-refractivity contribution in [2.24, 2.45) is 5.92 Å². The molecule has 2 amide bonds. The number of aromatic nitrogens is 2. The minimum atomic E-state index is -0.306. The van der Waals surface area contributed by atoms with E-state index in [4.69, 9.17) is 23.2 Å². The van der Waals surface area contributed by atoms with Crippen LogP contribution in [-0.4, -0.2) is 21.8 Å². The average molecular weight is 521 g/mol. The molecule has 1 heterocycles. The molecule has 8 heteroatoms. The molecule has 0 unspecified atom stereocenters. The normalized spacial score (nSPS) is 14.4. The number of nitrogens with zero attached hydrogens (tertiary/aromatic N) is 1. The lowest BCUT2D eigenvalue weighted by molar-refractivity contribution is -0.120. The van der Waals surface area contributed by atoms with Crippen LogP contribution in [0.2, 0.25) is 10.0 Å². The molecule has 1 saturated carbocycles. The topological polar surface area (TPSA) is 86.9 Å². The summed E-state index contributed by atoms with van der Waals surface area (Å²) in [6, 6.07) is 17.9. The first-order chi connectivity index (χ1) is 17.4. The van der Waals surface area contributed by atoms with Gasteiger partial charge in [-0.15, -0.1) is 0 Å². The van der Waals surface area contributed by atoms with Gasteiger partial charge < -0.3 is 15.6 Å². The largest absolute Gasteiger partial charge is 0.338 e. The van der Waals surface area contributed by atoms with E-state index in [9.17, 15) is 9.59 Å². The van der Waals surface area contributed by atoms with Gasteiger partial charge in [0.25, 0.3) is 5.91 Å². The highest BCUT2D eigenvalue weighted by Crippen LogP contribution is 2.27. The molecule has 0 bridgehead atoms. The Morgan fingerprint density at radius 2 is 1.47 bits per heavy atom. The molecule has 184 valence electrons. The van der Waals surface area contributed by atoms with Crippen molar-refractivity contribution in [2.45, 2.75) is 38.5 Å². The Balaban J connectivity index is 1.28. The molecule has 1 aliphatic carbocycles. The second kappa shape index (κ2) is 10.7.